The van der Waals surface area contributed by atoms with Crippen molar-refractivity contribution in [1.29, 1.82) is 0 Å². The maximum Gasteiger partial charge on any atom is 0.204 e. The highest BCUT2D eigenvalue weighted by Crippen LogP contribution is 2.30. The number of allylic oxidation sites excluding steroid dienone is 1. The van der Waals surface area contributed by atoms with Gasteiger partial charge in [-0.05, 0) is 72.7 Å². The number of carbonyl (C=O) groups excluding carboxylic acids is 1. The predicted octanol–water partition coefficient (Wildman–Crippen LogP) is 5.94. The number of ketones is 1. The van der Waals surface area contributed by atoms with Gasteiger partial charge >= 0.3 is 0 Å². The summed E-state index contributed by atoms with van der Waals surface area (Å²) in [5.41, 5.74) is 1.07. The molecular weight excluding hydrogens is 471 g/mol. The number of phenolic OH excluding ortho intramolecular Hbond substituents is 1. The minimum Gasteiger partial charge on any atom is -0.504 e. The Hall–Kier alpha value is -2.80. The van der Waals surface area contributed by atoms with E-state index in [1.54, 1.807) is 31.2 Å². The monoisotopic (exact) mass is 490 g/mol. The Balaban J connectivity index is 2.09. The van der Waals surface area contributed by atoms with Gasteiger partial charge in [0.1, 0.15) is 4.91 Å². The molecule has 0 aliphatic carbocycles. The minimum atomic E-state index is -4.05. The van der Waals surface area contributed by atoms with Crippen molar-refractivity contribution in [2.45, 2.75) is 12.7 Å². The molecule has 5 nitrogen and oxygen atoms in total. The van der Waals surface area contributed by atoms with Crippen LogP contribution < -0.4 is 4.74 Å². The van der Waals surface area contributed by atoms with Gasteiger partial charge in [0.2, 0.25) is 5.78 Å². The van der Waals surface area contributed by atoms with Gasteiger partial charge in [-0.1, -0.05) is 41.4 Å². The lowest BCUT2D eigenvalue weighted by Gasteiger charge is -2.11. The molecule has 0 radical (unpaired) electrons. The minimum absolute atomic E-state index is 0.0846. The van der Waals surface area contributed by atoms with E-state index < -0.39 is 15.6 Å². The fraction of sp³-hybridized carbons (Fsp3) is 0.125. The third-order valence-corrected chi connectivity index (χ3v) is 6.71. The molecule has 32 heavy (non-hydrogen) atoms. The lowest BCUT2D eigenvalue weighted by atomic mass is 10.1. The summed E-state index contributed by atoms with van der Waals surface area (Å²) in [6.45, 7) is 2.07. The SMILES string of the molecule is CCOc1cc(/C=C(\C(=O)c2ccc(Cl)cc2)S(=O)(=O)Cc2ccc(Cl)cc2)ccc1O. The summed E-state index contributed by atoms with van der Waals surface area (Å²) in [4.78, 5) is 12.9. The maximum atomic E-state index is 13.3. The molecule has 0 fully saturated rings. The third kappa shape index (κ3) is 5.91. The Kier molecular flexibility index (Phi) is 7.61. The Labute approximate surface area is 196 Å². The highest BCUT2D eigenvalue weighted by Gasteiger charge is 2.27. The maximum absolute atomic E-state index is 13.3. The quantitative estimate of drug-likeness (QED) is 0.312. The molecule has 3 aromatic carbocycles. The van der Waals surface area contributed by atoms with Crippen molar-refractivity contribution in [3.05, 3.63) is 98.4 Å². The van der Waals surface area contributed by atoms with Gasteiger partial charge in [0.25, 0.3) is 0 Å². The van der Waals surface area contributed by atoms with Crippen LogP contribution in [0.25, 0.3) is 6.08 Å². The molecule has 1 N–H and O–H groups in total. The van der Waals surface area contributed by atoms with Crippen LogP contribution in [0.3, 0.4) is 0 Å². The summed E-state index contributed by atoms with van der Waals surface area (Å²) in [6.07, 6.45) is 1.28. The number of rotatable bonds is 8. The van der Waals surface area contributed by atoms with Gasteiger partial charge in [0, 0.05) is 15.6 Å². The van der Waals surface area contributed by atoms with Crippen molar-refractivity contribution >= 4 is 44.9 Å². The number of benzene rings is 3. The van der Waals surface area contributed by atoms with E-state index in [0.717, 1.165) is 0 Å². The highest BCUT2D eigenvalue weighted by molar-refractivity contribution is 7.95. The van der Waals surface area contributed by atoms with Crippen LogP contribution in [0.4, 0.5) is 0 Å². The van der Waals surface area contributed by atoms with Crippen LogP contribution in [0, 0.1) is 0 Å². The number of sulfone groups is 1. The molecule has 0 unspecified atom stereocenters. The van der Waals surface area contributed by atoms with Crippen molar-refractivity contribution in [3.8, 4) is 11.5 Å². The standard InChI is InChI=1S/C24H20Cl2O5S/c1-2-31-22-13-17(5-12-21(22)27)14-23(24(28)18-6-10-20(26)11-7-18)32(29,30)15-16-3-8-19(25)9-4-16/h3-14,27H,2,15H2,1H3/b23-14+. The number of halogens is 2. The molecule has 166 valence electrons. The average Bonchev–Trinajstić information content (AvgIpc) is 2.76. The molecule has 0 heterocycles. The van der Waals surface area contributed by atoms with Crippen LogP contribution in [0.2, 0.25) is 10.0 Å². The normalized spacial score (nSPS) is 11.9. The topological polar surface area (TPSA) is 80.7 Å². The smallest absolute Gasteiger partial charge is 0.204 e. The number of ether oxygens (including phenoxy) is 1. The van der Waals surface area contributed by atoms with Crippen LogP contribution in [0.15, 0.2) is 71.6 Å². The van der Waals surface area contributed by atoms with Crippen molar-refractivity contribution in [2.24, 2.45) is 0 Å². The molecule has 0 saturated heterocycles. The molecule has 0 bridgehead atoms. The zero-order valence-electron chi connectivity index (χ0n) is 17.1. The second-order valence-corrected chi connectivity index (χ2v) is 9.72. The van der Waals surface area contributed by atoms with Crippen LogP contribution >= 0.6 is 23.2 Å². The number of phenols is 1. The zero-order chi connectivity index (χ0) is 23.3. The molecule has 0 spiro atoms. The van der Waals surface area contributed by atoms with Gasteiger partial charge in [-0.15, -0.1) is 0 Å². The number of hydrogen-bond donors (Lipinski definition) is 1. The van der Waals surface area contributed by atoms with E-state index >= 15 is 0 Å². The van der Waals surface area contributed by atoms with Gasteiger partial charge in [0.15, 0.2) is 21.3 Å². The van der Waals surface area contributed by atoms with Gasteiger partial charge in [-0.25, -0.2) is 8.42 Å². The van der Waals surface area contributed by atoms with Crippen LogP contribution in [-0.4, -0.2) is 25.9 Å². The van der Waals surface area contributed by atoms with Crippen molar-refractivity contribution < 1.29 is 23.1 Å². The first-order chi connectivity index (χ1) is 15.2. The fourth-order valence-electron chi connectivity index (χ4n) is 2.96. The average molecular weight is 491 g/mol. The molecule has 0 amide bonds. The molecule has 3 rings (SSSR count). The summed E-state index contributed by atoms with van der Waals surface area (Å²) >= 11 is 11.8. The zero-order valence-corrected chi connectivity index (χ0v) is 19.4. The molecule has 3 aromatic rings. The van der Waals surface area contributed by atoms with Gasteiger partial charge in [-0.2, -0.15) is 0 Å². The fourth-order valence-corrected chi connectivity index (χ4v) is 4.72. The van der Waals surface area contributed by atoms with E-state index in [0.29, 0.717) is 27.8 Å². The number of carbonyl (C=O) groups is 1. The highest BCUT2D eigenvalue weighted by atomic mass is 35.5. The van der Waals surface area contributed by atoms with Crippen molar-refractivity contribution in [3.63, 3.8) is 0 Å². The molecule has 0 saturated carbocycles. The van der Waals surface area contributed by atoms with Crippen molar-refractivity contribution in [1.82, 2.24) is 0 Å². The molecule has 0 aliphatic heterocycles. The first-order valence-corrected chi connectivity index (χ1v) is 12.1. The van der Waals surface area contributed by atoms with Crippen LogP contribution in [0.5, 0.6) is 11.5 Å². The van der Waals surface area contributed by atoms with Crippen LogP contribution in [0.1, 0.15) is 28.4 Å². The predicted molar refractivity (Wildman–Crippen MR) is 127 cm³/mol. The largest absolute Gasteiger partial charge is 0.504 e. The second kappa shape index (κ2) is 10.2. The van der Waals surface area contributed by atoms with E-state index in [2.05, 4.69) is 0 Å². The summed E-state index contributed by atoms with van der Waals surface area (Å²) in [7, 11) is -4.05. The summed E-state index contributed by atoms with van der Waals surface area (Å²) in [6, 6.07) is 16.7. The summed E-state index contributed by atoms with van der Waals surface area (Å²) in [5, 5.41) is 10.8. The van der Waals surface area contributed by atoms with Gasteiger partial charge in [-0.3, -0.25) is 4.79 Å². The molecule has 0 aliphatic rings. The molecule has 0 aromatic heterocycles. The Morgan fingerprint density at radius 1 is 0.969 bits per heavy atom. The van der Waals surface area contributed by atoms with E-state index in [1.165, 1.54) is 48.5 Å². The lowest BCUT2D eigenvalue weighted by molar-refractivity contribution is 0.104. The van der Waals surface area contributed by atoms with Crippen molar-refractivity contribution in [2.75, 3.05) is 6.61 Å². The van der Waals surface area contributed by atoms with Crippen LogP contribution in [-0.2, 0) is 15.6 Å². The van der Waals surface area contributed by atoms with E-state index in [-0.39, 0.29) is 27.7 Å². The molecule has 0 atom stereocenters. The lowest BCUT2D eigenvalue weighted by Crippen LogP contribution is -2.16. The summed E-state index contributed by atoms with van der Waals surface area (Å²) < 4.78 is 32.0. The Morgan fingerprint density at radius 2 is 1.56 bits per heavy atom. The van der Waals surface area contributed by atoms with E-state index in [4.69, 9.17) is 27.9 Å². The number of hydrogen-bond acceptors (Lipinski definition) is 5. The van der Waals surface area contributed by atoms with Gasteiger partial charge < -0.3 is 9.84 Å². The van der Waals surface area contributed by atoms with Gasteiger partial charge in [0.05, 0.1) is 12.4 Å². The molecule has 8 heteroatoms. The summed E-state index contributed by atoms with van der Waals surface area (Å²) in [5.74, 6) is -0.943. The second-order valence-electron chi connectivity index (χ2n) is 6.89. The Morgan fingerprint density at radius 3 is 2.16 bits per heavy atom. The first kappa shape index (κ1) is 23.9. The molecular formula is C24H20Cl2O5S. The number of Topliss-reactive ketones (excluding diaryl/α,β-unsaturated/α-hetero) is 1. The Bertz CT molecular complexity index is 1250. The first-order valence-electron chi connectivity index (χ1n) is 9.64. The number of aromatic hydroxyl groups is 1. The third-order valence-electron chi connectivity index (χ3n) is 4.52. The van der Waals surface area contributed by atoms with E-state index in [1.807, 2.05) is 0 Å². The van der Waals surface area contributed by atoms with E-state index in [9.17, 15) is 18.3 Å².